The van der Waals surface area contributed by atoms with Crippen molar-refractivity contribution in [3.8, 4) is 0 Å². The molecule has 1 N–H and O–H groups in total. The molecule has 0 fully saturated rings. The Kier molecular flexibility index (Phi) is 5.76. The molecule has 0 bridgehead atoms. The number of carbonyl (C=O) groups is 1. The quantitative estimate of drug-likeness (QED) is 0.620. The van der Waals surface area contributed by atoms with Gasteiger partial charge in [0.05, 0.1) is 5.25 Å². The van der Waals surface area contributed by atoms with E-state index in [9.17, 15) is 4.79 Å². The van der Waals surface area contributed by atoms with E-state index in [1.54, 1.807) is 11.8 Å². The van der Waals surface area contributed by atoms with Gasteiger partial charge >= 0.3 is 0 Å². The molecule has 1 atom stereocenters. The third kappa shape index (κ3) is 4.28. The third-order valence-corrected chi connectivity index (χ3v) is 6.44. The molecular formula is C17H17N3OS3. The van der Waals surface area contributed by atoms with Crippen LogP contribution in [-0.2, 0) is 4.79 Å². The molecule has 3 aromatic rings. The van der Waals surface area contributed by atoms with Gasteiger partial charge in [-0.1, -0.05) is 72.1 Å². The highest BCUT2D eigenvalue weighted by atomic mass is 32.2. The maximum atomic E-state index is 12.4. The van der Waals surface area contributed by atoms with E-state index in [4.69, 9.17) is 0 Å². The number of aromatic nitrogens is 2. The number of nitrogens with zero attached hydrogens (tertiary/aromatic N) is 2. The lowest BCUT2D eigenvalue weighted by Crippen LogP contribution is -2.22. The summed E-state index contributed by atoms with van der Waals surface area (Å²) >= 11 is 4.64. The van der Waals surface area contributed by atoms with Gasteiger partial charge in [-0.15, -0.1) is 10.2 Å². The monoisotopic (exact) mass is 375 g/mol. The van der Waals surface area contributed by atoms with Gasteiger partial charge in [-0.2, -0.15) is 0 Å². The highest BCUT2D eigenvalue weighted by molar-refractivity contribution is 8.03. The van der Waals surface area contributed by atoms with Crippen LogP contribution in [0.15, 0.2) is 51.1 Å². The topological polar surface area (TPSA) is 54.9 Å². The average Bonchev–Trinajstić information content (AvgIpc) is 3.02. The van der Waals surface area contributed by atoms with Crippen molar-refractivity contribution in [3.05, 3.63) is 42.5 Å². The van der Waals surface area contributed by atoms with E-state index in [2.05, 4.69) is 28.5 Å². The number of thioether (sulfide) groups is 2. The van der Waals surface area contributed by atoms with E-state index in [-0.39, 0.29) is 11.2 Å². The SMILES string of the molecule is CCSc1nnc(S[C@H](C)C(=O)Nc2ccc3ccccc3c2)s1. The second-order valence-corrected chi connectivity index (χ2v) is 9.15. The Hall–Kier alpha value is -1.57. The van der Waals surface area contributed by atoms with Gasteiger partial charge in [0, 0.05) is 5.69 Å². The minimum Gasteiger partial charge on any atom is -0.325 e. The van der Waals surface area contributed by atoms with Crippen molar-refractivity contribution >= 4 is 57.2 Å². The van der Waals surface area contributed by atoms with Crippen molar-refractivity contribution in [2.24, 2.45) is 0 Å². The van der Waals surface area contributed by atoms with Crippen molar-refractivity contribution in [2.75, 3.05) is 11.1 Å². The number of fused-ring (bicyclic) bond motifs is 1. The number of hydrogen-bond donors (Lipinski definition) is 1. The Morgan fingerprint density at radius 1 is 1.17 bits per heavy atom. The molecule has 2 aromatic carbocycles. The maximum absolute atomic E-state index is 12.4. The summed E-state index contributed by atoms with van der Waals surface area (Å²) in [6.45, 7) is 3.97. The van der Waals surface area contributed by atoms with Gasteiger partial charge in [-0.05, 0) is 35.6 Å². The molecule has 0 unspecified atom stereocenters. The molecule has 1 aromatic heterocycles. The van der Waals surface area contributed by atoms with Gasteiger partial charge < -0.3 is 5.32 Å². The Labute approximate surface area is 153 Å². The largest absolute Gasteiger partial charge is 0.325 e. The first-order valence-corrected chi connectivity index (χ1v) is 10.3. The van der Waals surface area contributed by atoms with Crippen LogP contribution in [0.5, 0.6) is 0 Å². The summed E-state index contributed by atoms with van der Waals surface area (Å²) in [5.41, 5.74) is 0.811. The summed E-state index contributed by atoms with van der Waals surface area (Å²) in [6.07, 6.45) is 0. The fourth-order valence-electron chi connectivity index (χ4n) is 2.14. The molecule has 0 saturated heterocycles. The number of benzene rings is 2. The van der Waals surface area contributed by atoms with Crippen molar-refractivity contribution < 1.29 is 4.79 Å². The van der Waals surface area contributed by atoms with Crippen molar-refractivity contribution in [1.29, 1.82) is 0 Å². The predicted octanol–water partition coefficient (Wildman–Crippen LogP) is 4.92. The fourth-order valence-corrected chi connectivity index (χ4v) is 5.20. The number of nitrogens with one attached hydrogen (secondary N) is 1. The fraction of sp³-hybridized carbons (Fsp3) is 0.235. The predicted molar refractivity (Wildman–Crippen MR) is 104 cm³/mol. The lowest BCUT2D eigenvalue weighted by molar-refractivity contribution is -0.115. The first-order chi connectivity index (χ1) is 11.7. The molecule has 124 valence electrons. The molecular weight excluding hydrogens is 358 g/mol. The van der Waals surface area contributed by atoms with Crippen molar-refractivity contribution in [1.82, 2.24) is 10.2 Å². The van der Waals surface area contributed by atoms with Crippen LogP contribution >= 0.6 is 34.9 Å². The standard InChI is InChI=1S/C17H17N3OS3/c1-3-22-16-19-20-17(24-16)23-11(2)15(21)18-14-9-8-12-6-4-5-7-13(12)10-14/h4-11H,3H2,1-2H3,(H,18,21)/t11-/m1/s1. The lowest BCUT2D eigenvalue weighted by atomic mass is 10.1. The highest BCUT2D eigenvalue weighted by Gasteiger charge is 2.17. The zero-order valence-electron chi connectivity index (χ0n) is 13.4. The van der Waals surface area contributed by atoms with Gasteiger partial charge in [0.1, 0.15) is 0 Å². The van der Waals surface area contributed by atoms with E-state index >= 15 is 0 Å². The molecule has 0 aliphatic heterocycles. The molecule has 0 aliphatic carbocycles. The van der Waals surface area contributed by atoms with Gasteiger partial charge in [0.25, 0.3) is 0 Å². The summed E-state index contributed by atoms with van der Waals surface area (Å²) in [4.78, 5) is 12.4. The Morgan fingerprint density at radius 2 is 1.92 bits per heavy atom. The molecule has 0 radical (unpaired) electrons. The Bertz CT molecular complexity index is 850. The Morgan fingerprint density at radius 3 is 2.71 bits per heavy atom. The van der Waals surface area contributed by atoms with E-state index in [0.717, 1.165) is 30.9 Å². The third-order valence-electron chi connectivity index (χ3n) is 3.32. The summed E-state index contributed by atoms with van der Waals surface area (Å²) in [5, 5.41) is 13.3. The molecule has 0 saturated carbocycles. The molecule has 0 aliphatic rings. The lowest BCUT2D eigenvalue weighted by Gasteiger charge is -2.11. The number of anilines is 1. The van der Waals surface area contributed by atoms with E-state index in [1.807, 2.05) is 43.3 Å². The highest BCUT2D eigenvalue weighted by Crippen LogP contribution is 2.31. The summed E-state index contributed by atoms with van der Waals surface area (Å²) in [5.74, 6) is 0.937. The molecule has 7 heteroatoms. The van der Waals surface area contributed by atoms with Crippen LogP contribution in [0.4, 0.5) is 5.69 Å². The number of amides is 1. The minimum absolute atomic E-state index is 0.0322. The van der Waals surface area contributed by atoms with Crippen LogP contribution in [0, 0.1) is 0 Å². The Balaban J connectivity index is 1.64. The van der Waals surface area contributed by atoms with Crippen LogP contribution in [0.3, 0.4) is 0 Å². The van der Waals surface area contributed by atoms with E-state index in [1.165, 1.54) is 23.1 Å². The van der Waals surface area contributed by atoms with Crippen LogP contribution in [0.2, 0.25) is 0 Å². The van der Waals surface area contributed by atoms with Gasteiger partial charge in [0.2, 0.25) is 5.91 Å². The number of carbonyl (C=O) groups excluding carboxylic acids is 1. The van der Waals surface area contributed by atoms with Gasteiger partial charge in [-0.3, -0.25) is 4.79 Å². The van der Waals surface area contributed by atoms with Crippen LogP contribution < -0.4 is 5.32 Å². The summed E-state index contributed by atoms with van der Waals surface area (Å²) in [7, 11) is 0. The second kappa shape index (κ2) is 8.00. The molecule has 1 heterocycles. The van der Waals surface area contributed by atoms with Crippen LogP contribution in [0.1, 0.15) is 13.8 Å². The normalized spacial score (nSPS) is 12.2. The molecule has 0 spiro atoms. The van der Waals surface area contributed by atoms with Crippen molar-refractivity contribution in [3.63, 3.8) is 0 Å². The van der Waals surface area contributed by atoms with E-state index in [0.29, 0.717) is 0 Å². The van der Waals surface area contributed by atoms with E-state index < -0.39 is 0 Å². The number of hydrogen-bond acceptors (Lipinski definition) is 6. The molecule has 3 rings (SSSR count). The maximum Gasteiger partial charge on any atom is 0.237 e. The molecule has 4 nitrogen and oxygen atoms in total. The van der Waals surface area contributed by atoms with Crippen LogP contribution in [-0.4, -0.2) is 27.1 Å². The second-order valence-electron chi connectivity index (χ2n) is 5.08. The zero-order chi connectivity index (χ0) is 16.9. The summed E-state index contributed by atoms with van der Waals surface area (Å²) in [6, 6.07) is 14.0. The first kappa shape index (κ1) is 17.3. The summed E-state index contributed by atoms with van der Waals surface area (Å²) < 4.78 is 1.77. The smallest absolute Gasteiger partial charge is 0.237 e. The first-order valence-electron chi connectivity index (χ1n) is 7.58. The average molecular weight is 376 g/mol. The number of rotatable bonds is 6. The van der Waals surface area contributed by atoms with Crippen molar-refractivity contribution in [2.45, 2.75) is 27.8 Å². The van der Waals surface area contributed by atoms with Crippen LogP contribution in [0.25, 0.3) is 10.8 Å². The molecule has 24 heavy (non-hydrogen) atoms. The van der Waals surface area contributed by atoms with Gasteiger partial charge in [-0.25, -0.2) is 0 Å². The van der Waals surface area contributed by atoms with Gasteiger partial charge in [0.15, 0.2) is 8.68 Å². The zero-order valence-corrected chi connectivity index (χ0v) is 15.8. The molecule has 1 amide bonds. The minimum atomic E-state index is -0.233.